The number of rotatable bonds is 5. The van der Waals surface area contributed by atoms with Crippen molar-refractivity contribution >= 4 is 23.8 Å². The van der Waals surface area contributed by atoms with Crippen molar-refractivity contribution in [3.05, 3.63) is 82.6 Å². The van der Waals surface area contributed by atoms with Crippen LogP contribution in [0.4, 0.5) is 0 Å². The molecule has 28 heavy (non-hydrogen) atoms. The van der Waals surface area contributed by atoms with E-state index in [4.69, 9.17) is 33.3 Å². The van der Waals surface area contributed by atoms with Crippen molar-refractivity contribution in [1.82, 2.24) is 14.8 Å². The van der Waals surface area contributed by atoms with Gasteiger partial charge in [0, 0.05) is 5.02 Å². The highest BCUT2D eigenvalue weighted by atomic mass is 35.5. The lowest BCUT2D eigenvalue weighted by molar-refractivity contribution is 0.416. The normalized spacial score (nSPS) is 10.6. The molecule has 0 saturated heterocycles. The van der Waals surface area contributed by atoms with Crippen molar-refractivity contribution in [2.45, 2.75) is 0 Å². The predicted octanol–water partition coefficient (Wildman–Crippen LogP) is 6.05. The molecular formula is C21H16ClN3O2S. The minimum Gasteiger partial charge on any atom is -0.496 e. The molecule has 0 radical (unpaired) electrons. The van der Waals surface area contributed by atoms with Crippen LogP contribution in [0.5, 0.6) is 17.2 Å². The van der Waals surface area contributed by atoms with Gasteiger partial charge in [-0.1, -0.05) is 29.8 Å². The Morgan fingerprint density at radius 2 is 1.68 bits per heavy atom. The topological polar surface area (TPSA) is 52.1 Å². The van der Waals surface area contributed by atoms with Crippen LogP contribution in [0.3, 0.4) is 0 Å². The van der Waals surface area contributed by atoms with Crippen LogP contribution in [0.1, 0.15) is 0 Å². The molecule has 0 atom stereocenters. The summed E-state index contributed by atoms with van der Waals surface area (Å²) in [5.41, 5.74) is 1.59. The Morgan fingerprint density at radius 3 is 2.39 bits per heavy atom. The van der Waals surface area contributed by atoms with E-state index in [9.17, 15) is 0 Å². The molecule has 0 spiro atoms. The SMILES string of the molecule is COc1ccc(Cl)cc1-c1n[nH]c(=S)n1-c1ccc(Oc2ccccc2)cc1. The number of nitrogens with one attached hydrogen (secondary N) is 1. The molecule has 5 nitrogen and oxygen atoms in total. The van der Waals surface area contributed by atoms with Crippen LogP contribution in [0, 0.1) is 4.77 Å². The first kappa shape index (κ1) is 18.3. The van der Waals surface area contributed by atoms with Crippen molar-refractivity contribution in [3.63, 3.8) is 0 Å². The zero-order valence-electron chi connectivity index (χ0n) is 14.9. The van der Waals surface area contributed by atoms with Gasteiger partial charge in [0.15, 0.2) is 10.6 Å². The number of methoxy groups -OCH3 is 1. The Morgan fingerprint density at radius 1 is 0.964 bits per heavy atom. The third-order valence-corrected chi connectivity index (χ3v) is 4.66. The Bertz CT molecular complexity index is 1150. The highest BCUT2D eigenvalue weighted by molar-refractivity contribution is 7.71. The van der Waals surface area contributed by atoms with Crippen LogP contribution in [0.15, 0.2) is 72.8 Å². The molecule has 0 bridgehead atoms. The first-order chi connectivity index (χ1) is 13.7. The summed E-state index contributed by atoms with van der Waals surface area (Å²) in [6.07, 6.45) is 0. The lowest BCUT2D eigenvalue weighted by atomic mass is 10.2. The van der Waals surface area contributed by atoms with Crippen molar-refractivity contribution in [1.29, 1.82) is 0 Å². The van der Waals surface area contributed by atoms with Gasteiger partial charge in [0.05, 0.1) is 18.4 Å². The van der Waals surface area contributed by atoms with Crippen molar-refractivity contribution < 1.29 is 9.47 Å². The molecule has 1 N–H and O–H groups in total. The smallest absolute Gasteiger partial charge is 0.200 e. The highest BCUT2D eigenvalue weighted by Gasteiger charge is 2.16. The van der Waals surface area contributed by atoms with Crippen LogP contribution >= 0.6 is 23.8 Å². The number of halogens is 1. The quantitative estimate of drug-likeness (QED) is 0.407. The van der Waals surface area contributed by atoms with E-state index in [1.54, 1.807) is 25.3 Å². The number of aromatic amines is 1. The molecule has 7 heteroatoms. The predicted molar refractivity (Wildman–Crippen MR) is 112 cm³/mol. The Kier molecular flexibility index (Phi) is 5.14. The van der Waals surface area contributed by atoms with Crippen molar-refractivity contribution in [3.8, 4) is 34.3 Å². The second kappa shape index (κ2) is 7.88. The van der Waals surface area contributed by atoms with Crippen LogP contribution in [-0.2, 0) is 0 Å². The van der Waals surface area contributed by atoms with Gasteiger partial charge in [0.1, 0.15) is 17.2 Å². The van der Waals surface area contributed by atoms with Gasteiger partial charge in [-0.15, -0.1) is 0 Å². The van der Waals surface area contributed by atoms with Gasteiger partial charge >= 0.3 is 0 Å². The van der Waals surface area contributed by atoms with E-state index in [-0.39, 0.29) is 0 Å². The molecule has 0 aliphatic rings. The standard InChI is InChI=1S/C21H16ClN3O2S/c1-26-19-12-7-14(22)13-18(19)20-23-24-21(28)25(20)15-8-10-17(11-9-15)27-16-5-3-2-4-6-16/h2-13H,1H3,(H,24,28). The number of nitrogens with zero attached hydrogens (tertiary/aromatic N) is 2. The molecule has 3 aromatic carbocycles. The monoisotopic (exact) mass is 409 g/mol. The lowest BCUT2D eigenvalue weighted by Crippen LogP contribution is -1.99. The number of hydrogen-bond donors (Lipinski definition) is 1. The number of para-hydroxylation sites is 1. The second-order valence-corrected chi connectivity index (χ2v) is 6.76. The number of benzene rings is 3. The number of H-pyrrole nitrogens is 1. The fraction of sp³-hybridized carbons (Fsp3) is 0.0476. The van der Waals surface area contributed by atoms with E-state index in [1.165, 1.54) is 0 Å². The van der Waals surface area contributed by atoms with Crippen LogP contribution in [0.2, 0.25) is 5.02 Å². The van der Waals surface area contributed by atoms with E-state index in [1.807, 2.05) is 59.2 Å². The number of aromatic nitrogens is 3. The minimum absolute atomic E-state index is 0.466. The fourth-order valence-corrected chi connectivity index (χ4v) is 3.27. The molecule has 0 saturated carbocycles. The third-order valence-electron chi connectivity index (χ3n) is 4.15. The van der Waals surface area contributed by atoms with E-state index in [0.29, 0.717) is 21.4 Å². The summed E-state index contributed by atoms with van der Waals surface area (Å²) < 4.78 is 13.6. The summed E-state index contributed by atoms with van der Waals surface area (Å²) in [7, 11) is 1.61. The largest absolute Gasteiger partial charge is 0.496 e. The van der Waals surface area contributed by atoms with Gasteiger partial charge in [-0.2, -0.15) is 5.10 Å². The molecule has 4 rings (SSSR count). The summed E-state index contributed by atoms with van der Waals surface area (Å²) in [4.78, 5) is 0. The Balaban J connectivity index is 1.72. The minimum atomic E-state index is 0.466. The summed E-state index contributed by atoms with van der Waals surface area (Å²) >= 11 is 11.6. The maximum Gasteiger partial charge on any atom is 0.200 e. The molecule has 0 unspecified atom stereocenters. The van der Waals surface area contributed by atoms with E-state index < -0.39 is 0 Å². The average Bonchev–Trinajstić information content (AvgIpc) is 3.10. The maximum atomic E-state index is 6.18. The highest BCUT2D eigenvalue weighted by Crippen LogP contribution is 2.33. The molecule has 0 fully saturated rings. The van der Waals surface area contributed by atoms with Gasteiger partial charge in [0.25, 0.3) is 0 Å². The van der Waals surface area contributed by atoms with Crippen LogP contribution < -0.4 is 9.47 Å². The van der Waals surface area contributed by atoms with Crippen LogP contribution in [-0.4, -0.2) is 21.9 Å². The Labute approximate surface area is 172 Å². The van der Waals surface area contributed by atoms with Crippen LogP contribution in [0.25, 0.3) is 17.1 Å². The van der Waals surface area contributed by atoms with E-state index in [2.05, 4.69) is 10.2 Å². The van der Waals surface area contributed by atoms with Gasteiger partial charge < -0.3 is 9.47 Å². The summed E-state index contributed by atoms with van der Waals surface area (Å²) in [6, 6.07) is 22.6. The summed E-state index contributed by atoms with van der Waals surface area (Å²) in [5.74, 6) is 2.77. The average molecular weight is 410 g/mol. The zero-order chi connectivity index (χ0) is 19.5. The van der Waals surface area contributed by atoms with Gasteiger partial charge in [-0.25, -0.2) is 0 Å². The van der Waals surface area contributed by atoms with Gasteiger partial charge in [-0.05, 0) is 66.8 Å². The molecule has 0 aliphatic carbocycles. The van der Waals surface area contributed by atoms with Gasteiger partial charge in [0.2, 0.25) is 0 Å². The molecule has 140 valence electrons. The molecule has 1 aromatic heterocycles. The first-order valence-corrected chi connectivity index (χ1v) is 9.29. The number of ether oxygens (including phenoxy) is 2. The summed E-state index contributed by atoms with van der Waals surface area (Å²) in [6.45, 7) is 0. The molecule has 0 amide bonds. The number of hydrogen-bond acceptors (Lipinski definition) is 4. The van der Waals surface area contributed by atoms with E-state index in [0.717, 1.165) is 22.7 Å². The van der Waals surface area contributed by atoms with Gasteiger partial charge in [-0.3, -0.25) is 9.67 Å². The molecular weight excluding hydrogens is 394 g/mol. The Hall–Kier alpha value is -3.09. The molecule has 0 aliphatic heterocycles. The lowest BCUT2D eigenvalue weighted by Gasteiger charge is -2.11. The zero-order valence-corrected chi connectivity index (χ0v) is 16.5. The van der Waals surface area contributed by atoms with E-state index >= 15 is 0 Å². The molecule has 1 heterocycles. The first-order valence-electron chi connectivity index (χ1n) is 8.50. The molecule has 4 aromatic rings. The maximum absolute atomic E-state index is 6.18. The fourth-order valence-electron chi connectivity index (χ4n) is 2.86. The third kappa shape index (κ3) is 3.65. The van der Waals surface area contributed by atoms with Crippen molar-refractivity contribution in [2.24, 2.45) is 0 Å². The van der Waals surface area contributed by atoms with Crippen molar-refractivity contribution in [2.75, 3.05) is 7.11 Å². The second-order valence-electron chi connectivity index (χ2n) is 5.94. The summed E-state index contributed by atoms with van der Waals surface area (Å²) in [5, 5.41) is 7.81.